The van der Waals surface area contributed by atoms with E-state index in [-0.39, 0.29) is 0 Å². The number of rotatable bonds is 4. The molecule has 108 valence electrons. The van der Waals surface area contributed by atoms with Crippen LogP contribution in [0.15, 0.2) is 42.5 Å². The molecule has 0 fully saturated rings. The Hall–Kier alpha value is -1.97. The zero-order valence-corrected chi connectivity index (χ0v) is 12.7. The Balaban J connectivity index is 2.37. The fourth-order valence-corrected chi connectivity index (χ4v) is 2.16. The average Bonchev–Trinajstić information content (AvgIpc) is 2.41. The summed E-state index contributed by atoms with van der Waals surface area (Å²) in [7, 11) is 0. The largest absolute Gasteiger partial charge is 0.478 e. The second-order valence-corrected chi connectivity index (χ2v) is 5.24. The number of aliphatic carboxylic acids is 1. The van der Waals surface area contributed by atoms with Gasteiger partial charge in [-0.1, -0.05) is 23.2 Å². The molecule has 0 saturated heterocycles. The Morgan fingerprint density at radius 1 is 1.10 bits per heavy atom. The van der Waals surface area contributed by atoms with Gasteiger partial charge in [0, 0.05) is 21.7 Å². The molecule has 1 N–H and O–H groups in total. The maximum atomic E-state index is 10.6. The molecule has 0 saturated carbocycles. The monoisotopic (exact) mass is 322 g/mol. The maximum Gasteiger partial charge on any atom is 0.328 e. The van der Waals surface area contributed by atoms with Gasteiger partial charge in [-0.05, 0) is 55.0 Å². The number of aryl methyl sites for hydroxylation is 1. The van der Waals surface area contributed by atoms with E-state index in [2.05, 4.69) is 0 Å². The third-order valence-corrected chi connectivity index (χ3v) is 3.20. The van der Waals surface area contributed by atoms with Crippen molar-refractivity contribution in [2.45, 2.75) is 6.92 Å². The molecular weight excluding hydrogens is 311 g/mol. The zero-order chi connectivity index (χ0) is 15.4. The molecule has 5 heteroatoms. The Labute approximate surface area is 132 Å². The summed E-state index contributed by atoms with van der Waals surface area (Å²) in [6, 6.07) is 10.3. The lowest BCUT2D eigenvalue weighted by Gasteiger charge is -2.11. The van der Waals surface area contributed by atoms with Crippen molar-refractivity contribution in [3.05, 3.63) is 63.6 Å². The van der Waals surface area contributed by atoms with Crippen molar-refractivity contribution in [1.29, 1.82) is 0 Å². The first-order valence-electron chi connectivity index (χ1n) is 6.10. The summed E-state index contributed by atoms with van der Waals surface area (Å²) in [5.41, 5.74) is 1.46. The van der Waals surface area contributed by atoms with E-state index in [0.29, 0.717) is 27.1 Å². The molecule has 0 radical (unpaired) electrons. The minimum Gasteiger partial charge on any atom is -0.478 e. The topological polar surface area (TPSA) is 46.5 Å². The second kappa shape index (κ2) is 6.66. The molecule has 0 amide bonds. The van der Waals surface area contributed by atoms with Crippen molar-refractivity contribution in [2.24, 2.45) is 0 Å². The van der Waals surface area contributed by atoms with E-state index in [9.17, 15) is 4.79 Å². The van der Waals surface area contributed by atoms with Gasteiger partial charge in [-0.15, -0.1) is 0 Å². The van der Waals surface area contributed by atoms with Crippen LogP contribution in [0.4, 0.5) is 0 Å². The van der Waals surface area contributed by atoms with Gasteiger partial charge in [0.1, 0.15) is 11.5 Å². The number of benzene rings is 2. The second-order valence-electron chi connectivity index (χ2n) is 4.37. The number of halogens is 2. The van der Waals surface area contributed by atoms with Crippen molar-refractivity contribution < 1.29 is 14.6 Å². The van der Waals surface area contributed by atoms with Crippen molar-refractivity contribution in [2.75, 3.05) is 0 Å². The molecule has 0 spiro atoms. The van der Waals surface area contributed by atoms with Crippen molar-refractivity contribution >= 4 is 35.2 Å². The quantitative estimate of drug-likeness (QED) is 0.787. The Bertz CT molecular complexity index is 709. The number of carbonyl (C=O) groups is 1. The maximum absolute atomic E-state index is 10.6. The van der Waals surface area contributed by atoms with Crippen LogP contribution in [0.3, 0.4) is 0 Å². The van der Waals surface area contributed by atoms with Crippen LogP contribution in [-0.2, 0) is 4.79 Å². The van der Waals surface area contributed by atoms with E-state index in [1.165, 1.54) is 6.08 Å². The Kier molecular flexibility index (Phi) is 4.89. The molecule has 0 aromatic heterocycles. The van der Waals surface area contributed by atoms with Gasteiger partial charge in [-0.3, -0.25) is 0 Å². The van der Waals surface area contributed by atoms with E-state index in [1.807, 2.05) is 6.92 Å². The minimum atomic E-state index is -1.04. The average molecular weight is 323 g/mol. The van der Waals surface area contributed by atoms with E-state index < -0.39 is 5.97 Å². The lowest BCUT2D eigenvalue weighted by Crippen LogP contribution is -1.91. The lowest BCUT2D eigenvalue weighted by molar-refractivity contribution is -0.131. The molecule has 2 aromatic carbocycles. The Morgan fingerprint density at radius 3 is 2.33 bits per heavy atom. The van der Waals surface area contributed by atoms with Crippen molar-refractivity contribution in [1.82, 2.24) is 0 Å². The summed E-state index contributed by atoms with van der Waals surface area (Å²) < 4.78 is 5.82. The molecule has 0 bridgehead atoms. The molecule has 0 atom stereocenters. The highest BCUT2D eigenvalue weighted by Gasteiger charge is 2.07. The molecule has 0 aliphatic carbocycles. The summed E-state index contributed by atoms with van der Waals surface area (Å²) >= 11 is 11.8. The number of hydrogen-bond donors (Lipinski definition) is 1. The summed E-state index contributed by atoms with van der Waals surface area (Å²) in [4.78, 5) is 10.6. The van der Waals surface area contributed by atoms with Crippen LogP contribution in [0, 0.1) is 6.92 Å². The number of hydrogen-bond acceptors (Lipinski definition) is 2. The van der Waals surface area contributed by atoms with Crippen molar-refractivity contribution in [3.8, 4) is 11.5 Å². The molecule has 2 aromatic rings. The molecule has 21 heavy (non-hydrogen) atoms. The molecule has 0 aliphatic rings. The number of carboxylic acids is 1. The van der Waals surface area contributed by atoms with Gasteiger partial charge in [-0.2, -0.15) is 0 Å². The van der Waals surface area contributed by atoms with Gasteiger partial charge in [-0.25, -0.2) is 4.79 Å². The Morgan fingerprint density at radius 2 is 1.71 bits per heavy atom. The fraction of sp³-hybridized carbons (Fsp3) is 0.0625. The SMILES string of the molecule is Cc1cc(Cl)ccc1Oc1ccc(Cl)cc1/C=C/C(=O)O. The molecule has 0 heterocycles. The van der Waals surface area contributed by atoms with E-state index in [0.717, 1.165) is 11.6 Å². The van der Waals surface area contributed by atoms with Crippen LogP contribution in [0.5, 0.6) is 11.5 Å². The zero-order valence-electron chi connectivity index (χ0n) is 11.1. The molecule has 0 aliphatic heterocycles. The minimum absolute atomic E-state index is 0.500. The van der Waals surface area contributed by atoms with Gasteiger partial charge in [0.05, 0.1) is 0 Å². The summed E-state index contributed by atoms with van der Waals surface area (Å²) in [6.45, 7) is 1.88. The predicted molar refractivity (Wildman–Crippen MR) is 84.4 cm³/mol. The third-order valence-electron chi connectivity index (χ3n) is 2.73. The van der Waals surface area contributed by atoms with Gasteiger partial charge < -0.3 is 9.84 Å². The van der Waals surface area contributed by atoms with Gasteiger partial charge in [0.2, 0.25) is 0 Å². The third kappa shape index (κ3) is 4.25. The standard InChI is InChI=1S/C16H12Cl2O3/c1-10-8-12(17)3-5-14(10)21-15-6-4-13(18)9-11(15)2-7-16(19)20/h2-9H,1H3,(H,19,20)/b7-2+. The normalized spacial score (nSPS) is 10.8. The van der Waals surface area contributed by atoms with E-state index >= 15 is 0 Å². The smallest absolute Gasteiger partial charge is 0.328 e. The molecule has 0 unspecified atom stereocenters. The van der Waals surface area contributed by atoms with E-state index in [4.69, 9.17) is 33.0 Å². The van der Waals surface area contributed by atoms with Gasteiger partial charge in [0.25, 0.3) is 0 Å². The molecule has 2 rings (SSSR count). The van der Waals surface area contributed by atoms with Crippen LogP contribution in [-0.4, -0.2) is 11.1 Å². The first-order chi connectivity index (χ1) is 9.95. The summed E-state index contributed by atoms with van der Waals surface area (Å²) in [5.74, 6) is 0.123. The molecular formula is C16H12Cl2O3. The van der Waals surface area contributed by atoms with Crippen LogP contribution in [0.1, 0.15) is 11.1 Å². The first kappa shape index (κ1) is 15.4. The van der Waals surface area contributed by atoms with Crippen LogP contribution >= 0.6 is 23.2 Å². The predicted octanol–water partition coefficient (Wildman–Crippen LogP) is 5.19. The van der Waals surface area contributed by atoms with E-state index in [1.54, 1.807) is 36.4 Å². The lowest BCUT2D eigenvalue weighted by atomic mass is 10.1. The highest BCUT2D eigenvalue weighted by atomic mass is 35.5. The van der Waals surface area contributed by atoms with Crippen LogP contribution in [0.2, 0.25) is 10.0 Å². The van der Waals surface area contributed by atoms with Crippen LogP contribution < -0.4 is 4.74 Å². The summed E-state index contributed by atoms with van der Waals surface area (Å²) in [6.07, 6.45) is 2.47. The number of carboxylic acid groups (broad SMARTS) is 1. The highest BCUT2D eigenvalue weighted by Crippen LogP contribution is 2.31. The van der Waals surface area contributed by atoms with Crippen molar-refractivity contribution in [3.63, 3.8) is 0 Å². The van der Waals surface area contributed by atoms with Gasteiger partial charge in [0.15, 0.2) is 0 Å². The number of ether oxygens (including phenoxy) is 1. The summed E-state index contributed by atoms with van der Waals surface area (Å²) in [5, 5.41) is 9.85. The van der Waals surface area contributed by atoms with Crippen LogP contribution in [0.25, 0.3) is 6.08 Å². The fourth-order valence-electron chi connectivity index (χ4n) is 1.75. The van der Waals surface area contributed by atoms with Gasteiger partial charge >= 0.3 is 5.97 Å². The first-order valence-corrected chi connectivity index (χ1v) is 6.86. The highest BCUT2D eigenvalue weighted by molar-refractivity contribution is 6.31. The molecule has 3 nitrogen and oxygen atoms in total.